The number of benzene rings is 2. The molecule has 0 spiro atoms. The van der Waals surface area contributed by atoms with Crippen LogP contribution >= 0.6 is 0 Å². The third kappa shape index (κ3) is 3.72. The molecule has 0 aliphatic carbocycles. The van der Waals surface area contributed by atoms with Crippen LogP contribution in [0.2, 0.25) is 0 Å². The monoisotopic (exact) mass is 348 g/mol. The van der Waals surface area contributed by atoms with Gasteiger partial charge in [0.1, 0.15) is 5.84 Å². The Labute approximate surface area is 153 Å². The average Bonchev–Trinajstić information content (AvgIpc) is 2.68. The van der Waals surface area contributed by atoms with Gasteiger partial charge < -0.3 is 16.0 Å². The molecule has 3 N–H and O–H groups in total. The van der Waals surface area contributed by atoms with E-state index in [4.69, 9.17) is 4.99 Å². The molecule has 0 aromatic heterocycles. The van der Waals surface area contributed by atoms with Gasteiger partial charge in [-0.15, -0.1) is 0 Å². The summed E-state index contributed by atoms with van der Waals surface area (Å²) in [7, 11) is 0. The number of hydrogen-bond donors (Lipinski definition) is 3. The van der Waals surface area contributed by atoms with Gasteiger partial charge in [-0.3, -0.25) is 4.99 Å². The fourth-order valence-corrected chi connectivity index (χ4v) is 3.59. The Morgan fingerprint density at radius 3 is 3.04 bits per heavy atom. The molecule has 5 heteroatoms. The van der Waals surface area contributed by atoms with Crippen molar-refractivity contribution in [1.29, 1.82) is 0 Å². The van der Waals surface area contributed by atoms with Crippen molar-refractivity contribution >= 4 is 28.3 Å². The second-order valence-electron chi connectivity index (χ2n) is 6.82. The summed E-state index contributed by atoms with van der Waals surface area (Å²) in [4.78, 5) is 17.0. The summed E-state index contributed by atoms with van der Waals surface area (Å²) in [6.45, 7) is 1.62. The molecular formula is C21H24N4O. The molecule has 4 rings (SSSR count). The summed E-state index contributed by atoms with van der Waals surface area (Å²) in [5, 5.41) is 11.5. The van der Waals surface area contributed by atoms with Crippen LogP contribution in [0.3, 0.4) is 0 Å². The van der Waals surface area contributed by atoms with Gasteiger partial charge >= 0.3 is 6.03 Å². The molecule has 0 radical (unpaired) electrons. The number of carbonyl (C=O) groups excluding carboxylic acids is 1. The number of nitrogens with one attached hydrogen (secondary N) is 3. The lowest BCUT2D eigenvalue weighted by atomic mass is 9.98. The smallest absolute Gasteiger partial charge is 0.319 e. The van der Waals surface area contributed by atoms with E-state index in [9.17, 15) is 4.79 Å². The SMILES string of the molecule is O=C(NCCC1CC=C2CCCNC2=N1)Nc1cccc2ccccc12. The third-order valence-electron chi connectivity index (χ3n) is 4.97. The second kappa shape index (κ2) is 7.60. The zero-order valence-corrected chi connectivity index (χ0v) is 14.8. The highest BCUT2D eigenvalue weighted by molar-refractivity contribution is 6.01. The number of fused-ring (bicyclic) bond motifs is 2. The first-order valence-electron chi connectivity index (χ1n) is 9.33. The van der Waals surface area contributed by atoms with E-state index in [0.29, 0.717) is 6.54 Å². The molecule has 2 heterocycles. The van der Waals surface area contributed by atoms with Crippen molar-refractivity contribution in [3.05, 3.63) is 54.1 Å². The van der Waals surface area contributed by atoms with Crippen LogP contribution in [-0.2, 0) is 0 Å². The summed E-state index contributed by atoms with van der Waals surface area (Å²) in [6.07, 6.45) is 6.43. The maximum Gasteiger partial charge on any atom is 0.319 e. The van der Waals surface area contributed by atoms with Crippen molar-refractivity contribution in [2.75, 3.05) is 18.4 Å². The summed E-state index contributed by atoms with van der Waals surface area (Å²) in [5.74, 6) is 1.06. The van der Waals surface area contributed by atoms with Crippen molar-refractivity contribution in [3.63, 3.8) is 0 Å². The number of hydrogen-bond acceptors (Lipinski definition) is 3. The maximum atomic E-state index is 12.2. The quantitative estimate of drug-likeness (QED) is 0.786. The first-order valence-corrected chi connectivity index (χ1v) is 9.33. The van der Waals surface area contributed by atoms with Crippen molar-refractivity contribution in [3.8, 4) is 0 Å². The van der Waals surface area contributed by atoms with Gasteiger partial charge in [0.05, 0.1) is 11.7 Å². The topological polar surface area (TPSA) is 65.5 Å². The van der Waals surface area contributed by atoms with Gasteiger partial charge in [-0.05, 0) is 42.7 Å². The summed E-state index contributed by atoms with van der Waals surface area (Å²) in [5.41, 5.74) is 2.19. The highest BCUT2D eigenvalue weighted by Crippen LogP contribution is 2.23. The molecule has 2 aromatic carbocycles. The van der Waals surface area contributed by atoms with Gasteiger partial charge in [-0.25, -0.2) is 4.79 Å². The molecule has 26 heavy (non-hydrogen) atoms. The Hall–Kier alpha value is -2.82. The maximum absolute atomic E-state index is 12.2. The molecule has 5 nitrogen and oxygen atoms in total. The summed E-state index contributed by atoms with van der Waals surface area (Å²) < 4.78 is 0. The van der Waals surface area contributed by atoms with Crippen molar-refractivity contribution in [2.24, 2.45) is 4.99 Å². The number of amidine groups is 1. The largest absolute Gasteiger partial charge is 0.370 e. The molecule has 0 saturated carbocycles. The van der Waals surface area contributed by atoms with Crippen LogP contribution in [0.25, 0.3) is 10.8 Å². The predicted molar refractivity (Wildman–Crippen MR) is 107 cm³/mol. The molecule has 1 saturated heterocycles. The molecule has 2 aliphatic rings. The Kier molecular flexibility index (Phi) is 4.86. The zero-order valence-electron chi connectivity index (χ0n) is 14.8. The highest BCUT2D eigenvalue weighted by atomic mass is 16.2. The lowest BCUT2D eigenvalue weighted by Gasteiger charge is -2.25. The number of dihydropyridines is 1. The number of rotatable bonds is 4. The van der Waals surface area contributed by atoms with Crippen LogP contribution in [-0.4, -0.2) is 31.0 Å². The second-order valence-corrected chi connectivity index (χ2v) is 6.82. The number of nitrogens with zero attached hydrogens (tertiary/aromatic N) is 1. The fraction of sp³-hybridized carbons (Fsp3) is 0.333. The number of carbonyl (C=O) groups is 1. The van der Waals surface area contributed by atoms with E-state index in [1.165, 1.54) is 12.0 Å². The molecule has 134 valence electrons. The van der Waals surface area contributed by atoms with Gasteiger partial charge in [0.25, 0.3) is 0 Å². The molecule has 2 amide bonds. The van der Waals surface area contributed by atoms with Crippen molar-refractivity contribution in [1.82, 2.24) is 10.6 Å². The number of piperidine rings is 1. The third-order valence-corrected chi connectivity index (χ3v) is 4.97. The lowest BCUT2D eigenvalue weighted by Crippen LogP contribution is -2.36. The van der Waals surface area contributed by atoms with Gasteiger partial charge in [-0.1, -0.05) is 42.5 Å². The summed E-state index contributed by atoms with van der Waals surface area (Å²) in [6, 6.07) is 14.0. The molecule has 2 aromatic rings. The minimum absolute atomic E-state index is 0.170. The first kappa shape index (κ1) is 16.6. The van der Waals surface area contributed by atoms with E-state index in [2.05, 4.69) is 22.0 Å². The predicted octanol–water partition coefficient (Wildman–Crippen LogP) is 3.83. The fourth-order valence-electron chi connectivity index (χ4n) is 3.59. The summed E-state index contributed by atoms with van der Waals surface area (Å²) >= 11 is 0. The molecule has 2 aliphatic heterocycles. The van der Waals surface area contributed by atoms with E-state index >= 15 is 0 Å². The van der Waals surface area contributed by atoms with Gasteiger partial charge in [0.15, 0.2) is 0 Å². The van der Waals surface area contributed by atoms with E-state index < -0.39 is 0 Å². The van der Waals surface area contributed by atoms with Crippen LogP contribution in [0.4, 0.5) is 10.5 Å². The number of urea groups is 1. The first-order chi connectivity index (χ1) is 12.8. The van der Waals surface area contributed by atoms with Crippen LogP contribution in [0.15, 0.2) is 59.1 Å². The Morgan fingerprint density at radius 2 is 2.08 bits per heavy atom. The van der Waals surface area contributed by atoms with E-state index in [-0.39, 0.29) is 12.1 Å². The molecule has 1 atom stereocenters. The standard InChI is InChI=1S/C21H24N4O/c26-21(25-19-9-3-6-15-5-1-2-8-18(15)19)23-14-12-17-11-10-16-7-4-13-22-20(16)24-17/h1-3,5-6,8-10,17H,4,7,11-14H2,(H,22,24)(H2,23,25,26). The molecule has 1 fully saturated rings. The van der Waals surface area contributed by atoms with Crippen LogP contribution in [0.5, 0.6) is 0 Å². The molecule has 1 unspecified atom stereocenters. The van der Waals surface area contributed by atoms with Gasteiger partial charge in [0, 0.05) is 18.5 Å². The number of anilines is 1. The van der Waals surface area contributed by atoms with Gasteiger partial charge in [0.2, 0.25) is 0 Å². The number of aliphatic imine (C=N–C) groups is 1. The van der Waals surface area contributed by atoms with Gasteiger partial charge in [-0.2, -0.15) is 0 Å². The van der Waals surface area contributed by atoms with Crippen molar-refractivity contribution < 1.29 is 4.79 Å². The molecular weight excluding hydrogens is 324 g/mol. The Balaban J connectivity index is 1.29. The van der Waals surface area contributed by atoms with Crippen LogP contribution < -0.4 is 16.0 Å². The Bertz CT molecular complexity index is 866. The minimum Gasteiger partial charge on any atom is -0.370 e. The lowest BCUT2D eigenvalue weighted by molar-refractivity contribution is 0.251. The van der Waals surface area contributed by atoms with Crippen molar-refractivity contribution in [2.45, 2.75) is 31.7 Å². The zero-order chi connectivity index (χ0) is 17.8. The van der Waals surface area contributed by atoms with E-state index in [1.54, 1.807) is 0 Å². The highest BCUT2D eigenvalue weighted by Gasteiger charge is 2.19. The normalized spacial score (nSPS) is 19.0. The minimum atomic E-state index is -0.170. The van der Waals surface area contributed by atoms with E-state index in [0.717, 1.165) is 48.1 Å². The number of amides is 2. The average molecular weight is 348 g/mol. The Morgan fingerprint density at radius 1 is 1.19 bits per heavy atom. The van der Waals surface area contributed by atoms with E-state index in [1.807, 2.05) is 42.5 Å². The molecule has 0 bridgehead atoms. The van der Waals surface area contributed by atoms with Crippen LogP contribution in [0.1, 0.15) is 25.7 Å². The van der Waals surface area contributed by atoms with Crippen LogP contribution in [0, 0.1) is 0 Å².